The van der Waals surface area contributed by atoms with E-state index >= 15 is 0 Å². The Kier molecular flexibility index (Phi) is 4.47. The lowest BCUT2D eigenvalue weighted by molar-refractivity contribution is 1.02. The second-order valence-corrected chi connectivity index (χ2v) is 6.05. The Morgan fingerprint density at radius 1 is 0.833 bits per heavy atom. The summed E-state index contributed by atoms with van der Waals surface area (Å²) < 4.78 is 0. The van der Waals surface area contributed by atoms with Crippen LogP contribution in [0.5, 0.6) is 0 Å². The van der Waals surface area contributed by atoms with Crippen LogP contribution in [0.3, 0.4) is 0 Å². The molecule has 1 N–H and O–H groups in total. The first-order valence-electron chi connectivity index (χ1n) is 8.01. The van der Waals surface area contributed by atoms with Crippen LogP contribution in [-0.4, -0.2) is 17.0 Å². The summed E-state index contributed by atoms with van der Waals surface area (Å²) >= 11 is 0. The molecule has 1 heterocycles. The Labute approximate surface area is 143 Å². The number of aryl methyl sites for hydroxylation is 3. The summed E-state index contributed by atoms with van der Waals surface area (Å²) in [5, 5.41) is 3.40. The van der Waals surface area contributed by atoms with Crippen molar-refractivity contribution in [1.82, 2.24) is 9.97 Å². The van der Waals surface area contributed by atoms with Gasteiger partial charge in [0.05, 0.1) is 0 Å². The zero-order chi connectivity index (χ0) is 17.1. The SMILES string of the molecule is Cc1cc(C)cc(Nc2cc(N(C)c3ccccc3)nc(C)n2)c1. The van der Waals surface area contributed by atoms with E-state index in [0.29, 0.717) is 0 Å². The number of para-hydroxylation sites is 1. The van der Waals surface area contributed by atoms with Gasteiger partial charge in [-0.2, -0.15) is 0 Å². The summed E-state index contributed by atoms with van der Waals surface area (Å²) in [7, 11) is 2.01. The first-order chi connectivity index (χ1) is 11.5. The minimum absolute atomic E-state index is 0.738. The normalized spacial score (nSPS) is 10.5. The molecule has 0 unspecified atom stereocenters. The molecule has 3 aromatic rings. The highest BCUT2D eigenvalue weighted by Gasteiger charge is 2.09. The van der Waals surface area contributed by atoms with Crippen molar-refractivity contribution in [3.05, 3.63) is 71.5 Å². The molecule has 0 bridgehead atoms. The second-order valence-electron chi connectivity index (χ2n) is 6.05. The van der Waals surface area contributed by atoms with Crippen LogP contribution in [0.25, 0.3) is 0 Å². The van der Waals surface area contributed by atoms with Crippen molar-refractivity contribution in [2.75, 3.05) is 17.3 Å². The van der Waals surface area contributed by atoms with Crippen molar-refractivity contribution in [3.63, 3.8) is 0 Å². The molecule has 0 fully saturated rings. The second kappa shape index (κ2) is 6.71. The Hall–Kier alpha value is -2.88. The Bertz CT molecular complexity index is 823. The molecule has 3 rings (SSSR count). The molecule has 0 aliphatic carbocycles. The number of hydrogen-bond donors (Lipinski definition) is 1. The molecule has 0 radical (unpaired) electrons. The van der Waals surface area contributed by atoms with Crippen LogP contribution in [0, 0.1) is 20.8 Å². The molecule has 122 valence electrons. The van der Waals surface area contributed by atoms with Gasteiger partial charge >= 0.3 is 0 Å². The Morgan fingerprint density at radius 2 is 1.50 bits per heavy atom. The molecule has 0 atom stereocenters. The van der Waals surface area contributed by atoms with Crippen molar-refractivity contribution in [3.8, 4) is 0 Å². The number of anilines is 4. The van der Waals surface area contributed by atoms with Crippen LogP contribution in [0.1, 0.15) is 17.0 Å². The minimum Gasteiger partial charge on any atom is -0.340 e. The maximum absolute atomic E-state index is 4.56. The van der Waals surface area contributed by atoms with Crippen LogP contribution in [0.15, 0.2) is 54.6 Å². The molecular weight excluding hydrogens is 296 g/mol. The Morgan fingerprint density at radius 3 is 2.17 bits per heavy atom. The summed E-state index contributed by atoms with van der Waals surface area (Å²) in [6, 6.07) is 18.5. The molecule has 0 amide bonds. The highest BCUT2D eigenvalue weighted by molar-refractivity contribution is 5.65. The van der Waals surface area contributed by atoms with Crippen molar-refractivity contribution < 1.29 is 0 Å². The fourth-order valence-corrected chi connectivity index (χ4v) is 2.77. The summed E-state index contributed by atoms with van der Waals surface area (Å²) in [4.78, 5) is 11.1. The number of benzene rings is 2. The molecule has 0 spiro atoms. The summed E-state index contributed by atoms with van der Waals surface area (Å²) in [6.45, 7) is 6.10. The third-order valence-electron chi connectivity index (χ3n) is 3.81. The number of nitrogens with zero attached hydrogens (tertiary/aromatic N) is 3. The van der Waals surface area contributed by atoms with Crippen molar-refractivity contribution >= 4 is 23.0 Å². The standard InChI is InChI=1S/C20H22N4/c1-14-10-15(2)12-17(11-14)23-19-13-20(22-16(3)21-19)24(4)18-8-6-5-7-9-18/h5-13H,1-4H3,(H,21,22,23). The summed E-state index contributed by atoms with van der Waals surface area (Å²) in [5.41, 5.74) is 4.58. The first kappa shape index (κ1) is 16.0. The van der Waals surface area contributed by atoms with Gasteiger partial charge in [0.2, 0.25) is 0 Å². The van der Waals surface area contributed by atoms with Gasteiger partial charge in [-0.25, -0.2) is 9.97 Å². The van der Waals surface area contributed by atoms with Crippen molar-refractivity contribution in [1.29, 1.82) is 0 Å². The lowest BCUT2D eigenvalue weighted by atomic mass is 10.1. The maximum atomic E-state index is 4.56. The van der Waals surface area contributed by atoms with E-state index in [-0.39, 0.29) is 0 Å². The van der Waals surface area contributed by atoms with Gasteiger partial charge in [-0.1, -0.05) is 24.3 Å². The molecule has 4 nitrogen and oxygen atoms in total. The third kappa shape index (κ3) is 3.71. The molecule has 0 aliphatic rings. The fourth-order valence-electron chi connectivity index (χ4n) is 2.77. The molecule has 0 saturated carbocycles. The quantitative estimate of drug-likeness (QED) is 0.742. The predicted molar refractivity (Wildman–Crippen MR) is 100 cm³/mol. The topological polar surface area (TPSA) is 41.0 Å². The van der Waals surface area contributed by atoms with Crippen LogP contribution in [-0.2, 0) is 0 Å². The molecule has 24 heavy (non-hydrogen) atoms. The van der Waals surface area contributed by atoms with Gasteiger partial charge in [0.15, 0.2) is 0 Å². The fraction of sp³-hybridized carbons (Fsp3) is 0.200. The van der Waals surface area contributed by atoms with Crippen molar-refractivity contribution in [2.24, 2.45) is 0 Å². The van der Waals surface area contributed by atoms with Gasteiger partial charge in [-0.05, 0) is 56.2 Å². The zero-order valence-corrected chi connectivity index (χ0v) is 14.5. The molecule has 0 saturated heterocycles. The number of rotatable bonds is 4. The number of hydrogen-bond acceptors (Lipinski definition) is 4. The van der Waals surface area contributed by atoms with Gasteiger partial charge in [0.1, 0.15) is 17.5 Å². The molecule has 4 heteroatoms. The van der Waals surface area contributed by atoms with Gasteiger partial charge < -0.3 is 10.2 Å². The summed E-state index contributed by atoms with van der Waals surface area (Å²) in [5.74, 6) is 2.40. The molecule has 1 aromatic heterocycles. The van der Waals surface area contributed by atoms with Gasteiger partial charge in [-0.3, -0.25) is 0 Å². The summed E-state index contributed by atoms with van der Waals surface area (Å²) in [6.07, 6.45) is 0. The third-order valence-corrected chi connectivity index (χ3v) is 3.81. The first-order valence-corrected chi connectivity index (χ1v) is 8.01. The number of nitrogens with one attached hydrogen (secondary N) is 1. The molecule has 0 aliphatic heterocycles. The maximum Gasteiger partial charge on any atom is 0.138 e. The molecular formula is C20H22N4. The van der Waals surface area contributed by atoms with Crippen LogP contribution in [0.4, 0.5) is 23.0 Å². The molecule has 2 aromatic carbocycles. The average Bonchev–Trinajstić information content (AvgIpc) is 2.53. The van der Waals surface area contributed by atoms with E-state index in [2.05, 4.69) is 64.4 Å². The van der Waals surface area contributed by atoms with Crippen molar-refractivity contribution in [2.45, 2.75) is 20.8 Å². The van der Waals surface area contributed by atoms with Gasteiger partial charge in [0.25, 0.3) is 0 Å². The largest absolute Gasteiger partial charge is 0.340 e. The lowest BCUT2D eigenvalue weighted by Gasteiger charge is -2.19. The minimum atomic E-state index is 0.738. The lowest BCUT2D eigenvalue weighted by Crippen LogP contribution is -2.12. The Balaban J connectivity index is 1.91. The average molecular weight is 318 g/mol. The van der Waals surface area contributed by atoms with E-state index in [4.69, 9.17) is 0 Å². The monoisotopic (exact) mass is 318 g/mol. The zero-order valence-electron chi connectivity index (χ0n) is 14.5. The van der Waals surface area contributed by atoms with E-state index < -0.39 is 0 Å². The van der Waals surface area contributed by atoms with Crippen LogP contribution < -0.4 is 10.2 Å². The van der Waals surface area contributed by atoms with Gasteiger partial charge in [-0.15, -0.1) is 0 Å². The highest BCUT2D eigenvalue weighted by Crippen LogP contribution is 2.25. The predicted octanol–water partition coefficient (Wildman–Crippen LogP) is 4.91. The van der Waals surface area contributed by atoms with Crippen LogP contribution >= 0.6 is 0 Å². The van der Waals surface area contributed by atoms with E-state index in [1.165, 1.54) is 11.1 Å². The van der Waals surface area contributed by atoms with Crippen LogP contribution in [0.2, 0.25) is 0 Å². The van der Waals surface area contributed by atoms with Gasteiger partial charge in [0, 0.05) is 24.5 Å². The van der Waals surface area contributed by atoms with E-state index in [0.717, 1.165) is 28.8 Å². The smallest absolute Gasteiger partial charge is 0.138 e. The van der Waals surface area contributed by atoms with E-state index in [1.807, 2.05) is 38.2 Å². The van der Waals surface area contributed by atoms with E-state index in [9.17, 15) is 0 Å². The highest BCUT2D eigenvalue weighted by atomic mass is 15.2. The number of aromatic nitrogens is 2. The van der Waals surface area contributed by atoms with E-state index in [1.54, 1.807) is 0 Å².